The summed E-state index contributed by atoms with van der Waals surface area (Å²) in [4.78, 5) is 33.2. The maximum Gasteiger partial charge on any atom is 0.314 e. The summed E-state index contributed by atoms with van der Waals surface area (Å²) in [6.07, 6.45) is 3.92. The monoisotopic (exact) mass is 404 g/mol. The zero-order chi connectivity index (χ0) is 21.8. The van der Waals surface area contributed by atoms with Crippen LogP contribution in [-0.4, -0.2) is 40.6 Å². The number of methoxy groups -OCH3 is 1. The molecule has 1 aliphatic heterocycles. The van der Waals surface area contributed by atoms with E-state index < -0.39 is 11.9 Å². The van der Waals surface area contributed by atoms with Gasteiger partial charge in [0.25, 0.3) is 0 Å². The van der Waals surface area contributed by atoms with E-state index in [9.17, 15) is 14.4 Å². The van der Waals surface area contributed by atoms with E-state index in [-0.39, 0.29) is 11.7 Å². The molecule has 160 valence electrons. The number of nitrogens with zero attached hydrogens (tertiary/aromatic N) is 2. The van der Waals surface area contributed by atoms with Crippen molar-refractivity contribution in [2.45, 2.75) is 65.8 Å². The number of rotatable bonds is 10. The number of carboxylic acid groups (broad SMARTS) is 1. The lowest BCUT2D eigenvalue weighted by molar-refractivity contribution is -0.146. The first kappa shape index (κ1) is 24.3. The quantitative estimate of drug-likeness (QED) is 0.594. The maximum atomic E-state index is 11.8. The van der Waals surface area contributed by atoms with Gasteiger partial charge in [-0.05, 0) is 37.0 Å². The van der Waals surface area contributed by atoms with Gasteiger partial charge in [-0.2, -0.15) is 5.10 Å². The fourth-order valence-corrected chi connectivity index (χ4v) is 2.94. The molecule has 7 nitrogen and oxygen atoms in total. The Morgan fingerprint density at radius 3 is 2.31 bits per heavy atom. The van der Waals surface area contributed by atoms with Crippen LogP contribution in [0.1, 0.15) is 64.9 Å². The number of amides is 1. The number of ketones is 1. The molecule has 0 fully saturated rings. The number of aliphatic carboxylic acids is 1. The Morgan fingerprint density at radius 2 is 1.83 bits per heavy atom. The van der Waals surface area contributed by atoms with Crippen LogP contribution < -0.4 is 4.74 Å². The summed E-state index contributed by atoms with van der Waals surface area (Å²) in [6.45, 7) is 6.22. The molecule has 29 heavy (non-hydrogen) atoms. The molecule has 1 aromatic rings. The summed E-state index contributed by atoms with van der Waals surface area (Å²) >= 11 is 0. The number of Topliss-reactive ketones (excluding diaryl/α,β-unsaturated/α-hetero) is 1. The van der Waals surface area contributed by atoms with E-state index in [4.69, 9.17) is 9.84 Å². The van der Waals surface area contributed by atoms with E-state index in [1.54, 1.807) is 19.0 Å². The Labute approximate surface area is 172 Å². The van der Waals surface area contributed by atoms with Gasteiger partial charge in [0, 0.05) is 12.1 Å². The number of benzene rings is 1. The number of carboxylic acids is 1. The normalized spacial score (nSPS) is 14.0. The van der Waals surface area contributed by atoms with Gasteiger partial charge in [0.2, 0.25) is 5.91 Å². The number of ether oxygens (including phenoxy) is 1. The van der Waals surface area contributed by atoms with Crippen LogP contribution in [0.15, 0.2) is 29.4 Å². The molecule has 1 aliphatic rings. The van der Waals surface area contributed by atoms with Crippen molar-refractivity contribution in [3.8, 4) is 5.75 Å². The van der Waals surface area contributed by atoms with Crippen LogP contribution in [0.5, 0.6) is 5.75 Å². The van der Waals surface area contributed by atoms with Gasteiger partial charge >= 0.3 is 5.97 Å². The molecule has 0 saturated heterocycles. The molecule has 1 aromatic carbocycles. The fraction of sp³-hybridized carbons (Fsp3) is 0.545. The first-order chi connectivity index (χ1) is 13.9. The average molecular weight is 405 g/mol. The lowest BCUT2D eigenvalue weighted by Gasteiger charge is -2.11. The predicted molar refractivity (Wildman–Crippen MR) is 112 cm³/mol. The smallest absolute Gasteiger partial charge is 0.314 e. The Kier molecular flexibility index (Phi) is 10.7. The Hall–Kier alpha value is -2.70. The highest BCUT2D eigenvalue weighted by Gasteiger charge is 2.23. The highest BCUT2D eigenvalue weighted by Crippen LogP contribution is 2.17. The molecule has 7 heteroatoms. The highest BCUT2D eigenvalue weighted by atomic mass is 16.5. The van der Waals surface area contributed by atoms with E-state index >= 15 is 0 Å². The summed E-state index contributed by atoms with van der Waals surface area (Å²) in [5.41, 5.74) is 2.06. The number of carbonyl (C=O) groups is 3. The third-order valence-corrected chi connectivity index (χ3v) is 4.53. The molecule has 0 bridgehead atoms. The average Bonchev–Trinajstić information content (AvgIpc) is 3.02. The van der Waals surface area contributed by atoms with Crippen LogP contribution in [0, 0.1) is 5.92 Å². The van der Waals surface area contributed by atoms with E-state index in [0.29, 0.717) is 25.8 Å². The highest BCUT2D eigenvalue weighted by molar-refractivity contribution is 6.04. The molecular weight excluding hydrogens is 372 g/mol. The standard InChI is InChI=1S/C14H18N2O2.C8H14O3/c1-3-4-12-9-14(17)16(15-12)10-11-5-7-13(18-2)8-6-11;1-3-5-7(9)6(4-2)8(10)11/h5-8H,3-4,9-10H2,1-2H3;6H,3-5H2,1-2H3,(H,10,11). The minimum absolute atomic E-state index is 0.0919. The third kappa shape index (κ3) is 8.05. The predicted octanol–water partition coefficient (Wildman–Crippen LogP) is 4.05. The van der Waals surface area contributed by atoms with Crippen molar-refractivity contribution in [1.29, 1.82) is 0 Å². The van der Waals surface area contributed by atoms with Crippen molar-refractivity contribution in [2.24, 2.45) is 11.0 Å². The van der Waals surface area contributed by atoms with Crippen LogP contribution in [0.2, 0.25) is 0 Å². The molecule has 0 saturated carbocycles. The minimum atomic E-state index is -0.994. The number of hydrogen-bond donors (Lipinski definition) is 1. The number of carbonyl (C=O) groups excluding carboxylic acids is 2. The zero-order valence-corrected chi connectivity index (χ0v) is 17.8. The van der Waals surface area contributed by atoms with Crippen LogP contribution in [0.4, 0.5) is 0 Å². The molecule has 1 amide bonds. The van der Waals surface area contributed by atoms with E-state index in [2.05, 4.69) is 12.0 Å². The molecule has 1 heterocycles. The lowest BCUT2D eigenvalue weighted by Crippen LogP contribution is -2.22. The van der Waals surface area contributed by atoms with Gasteiger partial charge in [-0.1, -0.05) is 39.3 Å². The summed E-state index contributed by atoms with van der Waals surface area (Å²) in [5.74, 6) is -1.01. The van der Waals surface area contributed by atoms with Gasteiger partial charge < -0.3 is 9.84 Å². The molecular formula is C22H32N2O5. The van der Waals surface area contributed by atoms with Crippen molar-refractivity contribution >= 4 is 23.4 Å². The Balaban J connectivity index is 0.000000331. The molecule has 1 N–H and O–H groups in total. The molecule has 0 spiro atoms. The summed E-state index contributed by atoms with van der Waals surface area (Å²) in [6, 6.07) is 7.71. The molecule has 0 aromatic heterocycles. The van der Waals surface area contributed by atoms with Gasteiger partial charge in [-0.15, -0.1) is 0 Å². The van der Waals surface area contributed by atoms with Crippen molar-refractivity contribution in [1.82, 2.24) is 5.01 Å². The van der Waals surface area contributed by atoms with Crippen molar-refractivity contribution in [3.63, 3.8) is 0 Å². The van der Waals surface area contributed by atoms with Crippen molar-refractivity contribution in [3.05, 3.63) is 29.8 Å². The number of hydrazone groups is 1. The minimum Gasteiger partial charge on any atom is -0.497 e. The zero-order valence-electron chi connectivity index (χ0n) is 17.8. The summed E-state index contributed by atoms with van der Waals surface area (Å²) < 4.78 is 5.10. The first-order valence-electron chi connectivity index (χ1n) is 10.1. The second-order valence-electron chi connectivity index (χ2n) is 6.91. The third-order valence-electron chi connectivity index (χ3n) is 4.53. The van der Waals surface area contributed by atoms with E-state index in [0.717, 1.165) is 36.3 Å². The van der Waals surface area contributed by atoms with Gasteiger partial charge in [0.15, 0.2) is 0 Å². The summed E-state index contributed by atoms with van der Waals surface area (Å²) in [7, 11) is 1.64. The number of hydrogen-bond acceptors (Lipinski definition) is 5. The second kappa shape index (κ2) is 12.7. The molecule has 1 atom stereocenters. The lowest BCUT2D eigenvalue weighted by atomic mass is 9.98. The summed E-state index contributed by atoms with van der Waals surface area (Å²) in [5, 5.41) is 14.5. The molecule has 2 rings (SSSR count). The molecule has 0 radical (unpaired) electrons. The van der Waals surface area contributed by atoms with Gasteiger partial charge in [0.1, 0.15) is 17.5 Å². The topological polar surface area (TPSA) is 96.3 Å². The van der Waals surface area contributed by atoms with Gasteiger partial charge in [-0.25, -0.2) is 5.01 Å². The largest absolute Gasteiger partial charge is 0.497 e. The molecule has 0 aliphatic carbocycles. The van der Waals surface area contributed by atoms with Gasteiger partial charge in [0.05, 0.1) is 20.1 Å². The van der Waals surface area contributed by atoms with Crippen LogP contribution in [0.25, 0.3) is 0 Å². The van der Waals surface area contributed by atoms with Crippen molar-refractivity contribution in [2.75, 3.05) is 7.11 Å². The van der Waals surface area contributed by atoms with Gasteiger partial charge in [-0.3, -0.25) is 14.4 Å². The van der Waals surface area contributed by atoms with Crippen LogP contribution >= 0.6 is 0 Å². The Morgan fingerprint density at radius 1 is 1.17 bits per heavy atom. The maximum absolute atomic E-state index is 11.8. The molecule has 1 unspecified atom stereocenters. The second-order valence-corrected chi connectivity index (χ2v) is 6.91. The van der Waals surface area contributed by atoms with Crippen LogP contribution in [-0.2, 0) is 20.9 Å². The SMILES string of the molecule is CCCC(=O)C(CC)C(=O)O.CCCC1=NN(Cc2ccc(OC)cc2)C(=O)C1. The van der Waals surface area contributed by atoms with E-state index in [1.807, 2.05) is 31.2 Å². The Bertz CT molecular complexity index is 712. The van der Waals surface area contributed by atoms with Crippen molar-refractivity contribution < 1.29 is 24.2 Å². The first-order valence-corrected chi connectivity index (χ1v) is 10.1. The fourth-order valence-electron chi connectivity index (χ4n) is 2.94. The van der Waals surface area contributed by atoms with Crippen LogP contribution in [0.3, 0.4) is 0 Å². The van der Waals surface area contributed by atoms with E-state index in [1.165, 1.54) is 0 Å².